The van der Waals surface area contributed by atoms with Gasteiger partial charge in [-0.25, -0.2) is 9.78 Å². The van der Waals surface area contributed by atoms with Crippen LogP contribution in [0.1, 0.15) is 58.6 Å². The summed E-state index contributed by atoms with van der Waals surface area (Å²) < 4.78 is 5.55. The maximum absolute atomic E-state index is 12.9. The third-order valence-electron chi connectivity index (χ3n) is 4.85. The first-order chi connectivity index (χ1) is 12.7. The molecule has 1 fully saturated rings. The van der Waals surface area contributed by atoms with E-state index in [1.807, 2.05) is 24.3 Å². The Morgan fingerprint density at radius 2 is 1.73 bits per heavy atom. The number of carbonyl (C=O) groups is 2. The number of nitrogens with zero attached hydrogens (tertiary/aromatic N) is 1. The predicted octanol–water partition coefficient (Wildman–Crippen LogP) is 4.28. The van der Waals surface area contributed by atoms with Gasteiger partial charge in [0.15, 0.2) is 0 Å². The summed E-state index contributed by atoms with van der Waals surface area (Å²) in [6.45, 7) is 0. The molecule has 5 heteroatoms. The summed E-state index contributed by atoms with van der Waals surface area (Å²) in [5.41, 5.74) is 1.86. The standard InChI is InChI=1S/C21H20N2O3/c24-20(16-13-22-17-10-5-4-9-15(16)17)18-11-6-12-19(23-18)21(25)26-14-7-2-1-3-8-14/h4-6,9-14,22H,1-3,7-8H2. The number of aromatic amines is 1. The molecular formula is C21H20N2O3. The fraction of sp³-hybridized carbons (Fsp3) is 0.286. The highest BCUT2D eigenvalue weighted by molar-refractivity contribution is 6.15. The normalized spacial score (nSPS) is 15.1. The number of nitrogens with one attached hydrogen (secondary N) is 1. The number of carbonyl (C=O) groups excluding carboxylic acids is 2. The highest BCUT2D eigenvalue weighted by atomic mass is 16.5. The molecule has 0 unspecified atom stereocenters. The number of ether oxygens (including phenoxy) is 1. The average molecular weight is 348 g/mol. The zero-order chi connectivity index (χ0) is 17.9. The first kappa shape index (κ1) is 16.5. The summed E-state index contributed by atoms with van der Waals surface area (Å²) in [5.74, 6) is -0.666. The number of rotatable bonds is 4. The van der Waals surface area contributed by atoms with Gasteiger partial charge in [0.2, 0.25) is 5.78 Å². The molecule has 0 spiro atoms. The maximum atomic E-state index is 12.9. The number of hydrogen-bond donors (Lipinski definition) is 1. The van der Waals surface area contributed by atoms with Gasteiger partial charge in [-0.15, -0.1) is 0 Å². The molecule has 2 aromatic heterocycles. The number of aromatic nitrogens is 2. The van der Waals surface area contributed by atoms with E-state index in [9.17, 15) is 9.59 Å². The predicted molar refractivity (Wildman–Crippen MR) is 98.3 cm³/mol. The van der Waals surface area contributed by atoms with Crippen molar-refractivity contribution in [3.8, 4) is 0 Å². The molecular weight excluding hydrogens is 328 g/mol. The van der Waals surface area contributed by atoms with Gasteiger partial charge >= 0.3 is 5.97 Å². The number of benzene rings is 1. The van der Waals surface area contributed by atoms with Crippen molar-refractivity contribution in [2.24, 2.45) is 0 Å². The number of pyridine rings is 1. The first-order valence-electron chi connectivity index (χ1n) is 9.01. The quantitative estimate of drug-likeness (QED) is 0.564. The molecule has 4 rings (SSSR count). The summed E-state index contributed by atoms with van der Waals surface area (Å²) in [7, 11) is 0. The van der Waals surface area contributed by atoms with Gasteiger partial charge in [0.05, 0.1) is 0 Å². The molecule has 1 aromatic carbocycles. The minimum atomic E-state index is -0.453. The van der Waals surface area contributed by atoms with E-state index in [-0.39, 0.29) is 23.3 Å². The van der Waals surface area contributed by atoms with Crippen LogP contribution in [0.2, 0.25) is 0 Å². The topological polar surface area (TPSA) is 72.1 Å². The summed E-state index contributed by atoms with van der Waals surface area (Å²) in [4.78, 5) is 32.6. The van der Waals surface area contributed by atoms with Gasteiger partial charge in [-0.2, -0.15) is 0 Å². The Morgan fingerprint density at radius 1 is 0.962 bits per heavy atom. The van der Waals surface area contributed by atoms with Crippen LogP contribution in [0.4, 0.5) is 0 Å². The second kappa shape index (κ2) is 7.12. The van der Waals surface area contributed by atoms with Crippen LogP contribution < -0.4 is 0 Å². The smallest absolute Gasteiger partial charge is 0.357 e. The highest BCUT2D eigenvalue weighted by Gasteiger charge is 2.21. The van der Waals surface area contributed by atoms with Crippen LogP contribution in [0.5, 0.6) is 0 Å². The van der Waals surface area contributed by atoms with E-state index >= 15 is 0 Å². The molecule has 0 radical (unpaired) electrons. The van der Waals surface area contributed by atoms with Crippen LogP contribution >= 0.6 is 0 Å². The van der Waals surface area contributed by atoms with Crippen molar-refractivity contribution >= 4 is 22.7 Å². The molecule has 0 bridgehead atoms. The van der Waals surface area contributed by atoms with E-state index in [4.69, 9.17) is 4.74 Å². The molecule has 1 aliphatic rings. The van der Waals surface area contributed by atoms with Crippen LogP contribution in [0, 0.1) is 0 Å². The molecule has 1 aliphatic carbocycles. The van der Waals surface area contributed by atoms with Crippen molar-refractivity contribution in [1.29, 1.82) is 0 Å². The SMILES string of the molecule is O=C(OC1CCCCC1)c1cccc(C(=O)c2c[nH]c3ccccc23)n1. The molecule has 0 aliphatic heterocycles. The zero-order valence-electron chi connectivity index (χ0n) is 14.4. The fourth-order valence-corrected chi connectivity index (χ4v) is 3.47. The lowest BCUT2D eigenvalue weighted by atomic mass is 9.98. The van der Waals surface area contributed by atoms with E-state index in [0.717, 1.165) is 36.6 Å². The summed E-state index contributed by atoms with van der Waals surface area (Å²) in [6, 6.07) is 12.5. The van der Waals surface area contributed by atoms with Crippen molar-refractivity contribution in [2.45, 2.75) is 38.2 Å². The molecule has 2 heterocycles. The van der Waals surface area contributed by atoms with Crippen molar-refractivity contribution in [1.82, 2.24) is 9.97 Å². The van der Waals surface area contributed by atoms with E-state index in [1.165, 1.54) is 6.42 Å². The lowest BCUT2D eigenvalue weighted by molar-refractivity contribution is 0.0204. The molecule has 26 heavy (non-hydrogen) atoms. The van der Waals surface area contributed by atoms with E-state index < -0.39 is 5.97 Å². The van der Waals surface area contributed by atoms with Gasteiger partial charge in [0, 0.05) is 22.7 Å². The van der Waals surface area contributed by atoms with Crippen molar-refractivity contribution in [3.05, 3.63) is 65.6 Å². The summed E-state index contributed by atoms with van der Waals surface area (Å²) in [5, 5.41) is 0.842. The number of fused-ring (bicyclic) bond motifs is 1. The van der Waals surface area contributed by atoms with E-state index in [2.05, 4.69) is 9.97 Å². The second-order valence-corrected chi connectivity index (χ2v) is 6.65. The number of H-pyrrole nitrogens is 1. The lowest BCUT2D eigenvalue weighted by Gasteiger charge is -2.21. The minimum absolute atomic E-state index is 0.0361. The monoisotopic (exact) mass is 348 g/mol. The fourth-order valence-electron chi connectivity index (χ4n) is 3.47. The van der Waals surface area contributed by atoms with Crippen LogP contribution in [0.3, 0.4) is 0 Å². The Bertz CT molecular complexity index is 955. The summed E-state index contributed by atoms with van der Waals surface area (Å²) in [6.07, 6.45) is 6.82. The molecule has 3 aromatic rings. The molecule has 0 amide bonds. The number of esters is 1. The van der Waals surface area contributed by atoms with Crippen molar-refractivity contribution in [2.75, 3.05) is 0 Å². The zero-order valence-corrected chi connectivity index (χ0v) is 14.4. The third-order valence-corrected chi connectivity index (χ3v) is 4.85. The van der Waals surface area contributed by atoms with Gasteiger partial charge in [-0.1, -0.05) is 30.7 Å². The van der Waals surface area contributed by atoms with E-state index in [0.29, 0.717) is 5.56 Å². The Labute approximate surface area is 151 Å². The van der Waals surface area contributed by atoms with Gasteiger partial charge in [0.25, 0.3) is 0 Å². The van der Waals surface area contributed by atoms with Crippen LogP contribution in [-0.2, 0) is 4.74 Å². The van der Waals surface area contributed by atoms with Crippen LogP contribution in [0.15, 0.2) is 48.7 Å². The van der Waals surface area contributed by atoms with Crippen LogP contribution in [-0.4, -0.2) is 27.8 Å². The van der Waals surface area contributed by atoms with Crippen molar-refractivity contribution < 1.29 is 14.3 Å². The average Bonchev–Trinajstić information content (AvgIpc) is 3.12. The number of ketones is 1. The van der Waals surface area contributed by atoms with Gasteiger partial charge < -0.3 is 9.72 Å². The van der Waals surface area contributed by atoms with Crippen LogP contribution in [0.25, 0.3) is 10.9 Å². The molecule has 132 valence electrons. The number of hydrogen-bond acceptors (Lipinski definition) is 4. The van der Waals surface area contributed by atoms with Gasteiger partial charge in [-0.05, 0) is 43.9 Å². The highest BCUT2D eigenvalue weighted by Crippen LogP contribution is 2.22. The molecule has 0 atom stereocenters. The second-order valence-electron chi connectivity index (χ2n) is 6.65. The molecule has 1 saturated carbocycles. The Morgan fingerprint density at radius 3 is 2.58 bits per heavy atom. The lowest BCUT2D eigenvalue weighted by Crippen LogP contribution is -2.22. The number of para-hydroxylation sites is 1. The van der Waals surface area contributed by atoms with Gasteiger partial charge in [-0.3, -0.25) is 4.79 Å². The summed E-state index contributed by atoms with van der Waals surface area (Å²) >= 11 is 0. The molecule has 1 N–H and O–H groups in total. The Hall–Kier alpha value is -2.95. The third kappa shape index (κ3) is 3.25. The minimum Gasteiger partial charge on any atom is -0.458 e. The molecule has 5 nitrogen and oxygen atoms in total. The largest absolute Gasteiger partial charge is 0.458 e. The van der Waals surface area contributed by atoms with E-state index in [1.54, 1.807) is 24.4 Å². The maximum Gasteiger partial charge on any atom is 0.357 e. The molecule has 0 saturated heterocycles. The first-order valence-corrected chi connectivity index (χ1v) is 9.01. The Kier molecular flexibility index (Phi) is 4.52. The van der Waals surface area contributed by atoms with Gasteiger partial charge in [0.1, 0.15) is 17.5 Å². The Balaban J connectivity index is 1.57. The van der Waals surface area contributed by atoms with Crippen molar-refractivity contribution in [3.63, 3.8) is 0 Å².